The number of hydrogen-bond donors (Lipinski definition) is 1. The summed E-state index contributed by atoms with van der Waals surface area (Å²) >= 11 is 0. The number of piperidine rings is 1. The highest BCUT2D eigenvalue weighted by atomic mass is 16.6. The number of carbonyl (C=O) groups is 3. The van der Waals surface area contributed by atoms with E-state index in [4.69, 9.17) is 9.47 Å². The van der Waals surface area contributed by atoms with Crippen LogP contribution in [0.5, 0.6) is 0 Å². The quantitative estimate of drug-likeness (QED) is 0.431. The van der Waals surface area contributed by atoms with Crippen molar-refractivity contribution in [2.45, 2.75) is 103 Å². The summed E-state index contributed by atoms with van der Waals surface area (Å²) in [6.45, 7) is 12.6. The third-order valence-corrected chi connectivity index (χ3v) is 9.97. The molecule has 3 saturated heterocycles. The van der Waals surface area contributed by atoms with Crippen LogP contribution in [0.1, 0.15) is 84.6 Å². The summed E-state index contributed by atoms with van der Waals surface area (Å²) in [6.07, 6.45) is 8.43. The molecule has 0 aromatic heterocycles. The molecule has 9 nitrogen and oxygen atoms in total. The van der Waals surface area contributed by atoms with Gasteiger partial charge in [0.15, 0.2) is 0 Å². The van der Waals surface area contributed by atoms with Crippen molar-refractivity contribution in [2.24, 2.45) is 17.3 Å². The Morgan fingerprint density at radius 1 is 0.932 bits per heavy atom. The average molecular weight is 611 g/mol. The Balaban J connectivity index is 1.31. The molecule has 1 spiro atoms. The smallest absolute Gasteiger partial charge is 0.410 e. The van der Waals surface area contributed by atoms with Crippen molar-refractivity contribution in [2.75, 3.05) is 45.9 Å². The van der Waals surface area contributed by atoms with Gasteiger partial charge in [0.2, 0.25) is 11.8 Å². The highest BCUT2D eigenvalue weighted by molar-refractivity contribution is 5.90. The zero-order valence-corrected chi connectivity index (χ0v) is 27.4. The second-order valence-corrected chi connectivity index (χ2v) is 14.8. The van der Waals surface area contributed by atoms with Gasteiger partial charge >= 0.3 is 6.09 Å². The van der Waals surface area contributed by atoms with Crippen molar-refractivity contribution >= 4 is 17.9 Å². The van der Waals surface area contributed by atoms with E-state index < -0.39 is 17.7 Å². The van der Waals surface area contributed by atoms with E-state index in [0.29, 0.717) is 38.7 Å². The summed E-state index contributed by atoms with van der Waals surface area (Å²) in [5.74, 6) is 0.0115. The van der Waals surface area contributed by atoms with Gasteiger partial charge in [0.05, 0.1) is 12.0 Å². The molecule has 44 heavy (non-hydrogen) atoms. The van der Waals surface area contributed by atoms with Gasteiger partial charge in [0, 0.05) is 57.8 Å². The van der Waals surface area contributed by atoms with E-state index in [2.05, 4.69) is 22.3 Å². The van der Waals surface area contributed by atoms with Crippen molar-refractivity contribution in [1.82, 2.24) is 20.0 Å². The van der Waals surface area contributed by atoms with Crippen molar-refractivity contribution in [3.8, 4) is 0 Å². The van der Waals surface area contributed by atoms with Crippen molar-refractivity contribution in [3.05, 3.63) is 35.9 Å². The molecule has 1 aromatic rings. The summed E-state index contributed by atoms with van der Waals surface area (Å²) in [5.41, 5.74) is 0.220. The minimum absolute atomic E-state index is 0.0358. The van der Waals surface area contributed by atoms with Crippen molar-refractivity contribution < 1.29 is 23.9 Å². The molecular weight excluding hydrogens is 556 g/mol. The molecule has 1 N–H and O–H groups in total. The Hall–Kier alpha value is -2.65. The first-order chi connectivity index (χ1) is 21.0. The van der Waals surface area contributed by atoms with E-state index in [1.54, 1.807) is 4.90 Å². The van der Waals surface area contributed by atoms with Crippen LogP contribution in [0.4, 0.5) is 4.79 Å². The topological polar surface area (TPSA) is 91.4 Å². The van der Waals surface area contributed by atoms with E-state index in [1.807, 2.05) is 50.8 Å². The molecule has 3 heterocycles. The first-order valence-electron chi connectivity index (χ1n) is 17.0. The third kappa shape index (κ3) is 8.13. The summed E-state index contributed by atoms with van der Waals surface area (Å²) in [6, 6.07) is 9.55. The third-order valence-electron chi connectivity index (χ3n) is 9.97. The van der Waals surface area contributed by atoms with E-state index in [-0.39, 0.29) is 29.2 Å². The highest BCUT2D eigenvalue weighted by Crippen LogP contribution is 2.45. The van der Waals surface area contributed by atoms with Gasteiger partial charge in [-0.05, 0) is 71.3 Å². The molecule has 3 amide bonds. The zero-order valence-electron chi connectivity index (χ0n) is 27.4. The van der Waals surface area contributed by atoms with Crippen LogP contribution in [0.25, 0.3) is 0 Å². The Labute approximate surface area is 264 Å². The number of nitrogens with one attached hydrogen (secondary N) is 1. The number of benzene rings is 1. The lowest BCUT2D eigenvalue weighted by atomic mass is 9.71. The van der Waals surface area contributed by atoms with Gasteiger partial charge in [0.1, 0.15) is 11.6 Å². The standard InChI is InChI=1S/C35H54N4O5/c1-26(43-22-28-16-10-6-11-17-28)30(32(41)38-18-12-7-13-19-38)36-31(40)29-21-37(20-27-14-8-5-9-15-27)23-35(29)24-39(25-35)33(42)44-34(2,3)4/h5,8-9,14-15,26,28-30H,6-7,10-13,16-25H2,1-4H3,(H,36,40)/t26-,29+,30+/m1/s1. The monoisotopic (exact) mass is 610 g/mol. The second kappa shape index (κ2) is 14.2. The predicted octanol–water partition coefficient (Wildman–Crippen LogP) is 4.84. The lowest BCUT2D eigenvalue weighted by Crippen LogP contribution is -2.65. The summed E-state index contributed by atoms with van der Waals surface area (Å²) < 4.78 is 12.0. The molecule has 3 aliphatic heterocycles. The maximum Gasteiger partial charge on any atom is 0.410 e. The van der Waals surface area contributed by atoms with Crippen LogP contribution >= 0.6 is 0 Å². The van der Waals surface area contributed by atoms with Gasteiger partial charge < -0.3 is 24.6 Å². The molecule has 1 aromatic carbocycles. The molecule has 3 atom stereocenters. The minimum Gasteiger partial charge on any atom is -0.444 e. The SMILES string of the molecule is C[C@@H](OCC1CCCCC1)[C@H](NC(=O)[C@@H]1CN(Cc2ccccc2)CC12CN(C(=O)OC(C)(C)C)C2)C(=O)N1CCCCC1. The lowest BCUT2D eigenvalue weighted by Gasteiger charge is -2.50. The van der Waals surface area contributed by atoms with E-state index in [1.165, 1.54) is 37.7 Å². The molecule has 5 rings (SSSR count). The van der Waals surface area contributed by atoms with Crippen LogP contribution < -0.4 is 5.32 Å². The minimum atomic E-state index is -0.730. The molecule has 1 aliphatic carbocycles. The fourth-order valence-electron chi connectivity index (χ4n) is 7.57. The fourth-order valence-corrected chi connectivity index (χ4v) is 7.57. The number of ether oxygens (including phenoxy) is 2. The van der Waals surface area contributed by atoms with Gasteiger partial charge in [-0.15, -0.1) is 0 Å². The predicted molar refractivity (Wildman–Crippen MR) is 170 cm³/mol. The largest absolute Gasteiger partial charge is 0.444 e. The maximum atomic E-state index is 14.3. The summed E-state index contributed by atoms with van der Waals surface area (Å²) in [5, 5.41) is 3.22. The molecule has 9 heteroatoms. The Morgan fingerprint density at radius 2 is 1.59 bits per heavy atom. The van der Waals surface area contributed by atoms with Crippen LogP contribution in [-0.4, -0.2) is 96.2 Å². The Kier molecular flexibility index (Phi) is 10.6. The van der Waals surface area contributed by atoms with E-state index in [9.17, 15) is 14.4 Å². The number of amides is 3. The molecule has 1 saturated carbocycles. The first kappa shape index (κ1) is 32.7. The zero-order chi connectivity index (χ0) is 31.3. The van der Waals surface area contributed by atoms with Crippen molar-refractivity contribution in [3.63, 3.8) is 0 Å². The van der Waals surface area contributed by atoms with Crippen LogP contribution in [0.15, 0.2) is 30.3 Å². The van der Waals surface area contributed by atoms with Crippen LogP contribution in [-0.2, 0) is 25.6 Å². The number of likely N-dealkylation sites (tertiary alicyclic amines) is 3. The van der Waals surface area contributed by atoms with Gasteiger partial charge in [-0.2, -0.15) is 0 Å². The van der Waals surface area contributed by atoms with Crippen LogP contribution in [0.3, 0.4) is 0 Å². The van der Waals surface area contributed by atoms with E-state index in [0.717, 1.165) is 38.9 Å². The van der Waals surface area contributed by atoms with Gasteiger partial charge in [0.25, 0.3) is 0 Å². The van der Waals surface area contributed by atoms with Gasteiger partial charge in [-0.1, -0.05) is 49.6 Å². The van der Waals surface area contributed by atoms with Crippen LogP contribution in [0.2, 0.25) is 0 Å². The van der Waals surface area contributed by atoms with Crippen molar-refractivity contribution in [1.29, 1.82) is 0 Å². The average Bonchev–Trinajstić information content (AvgIpc) is 3.38. The number of rotatable bonds is 9. The number of carbonyl (C=O) groups excluding carboxylic acids is 3. The highest BCUT2D eigenvalue weighted by Gasteiger charge is 2.58. The summed E-state index contributed by atoms with van der Waals surface area (Å²) in [7, 11) is 0. The Bertz CT molecular complexity index is 1120. The van der Waals surface area contributed by atoms with Gasteiger partial charge in [-0.25, -0.2) is 4.79 Å². The molecule has 4 aliphatic rings. The maximum absolute atomic E-state index is 14.3. The number of hydrogen-bond acceptors (Lipinski definition) is 6. The Morgan fingerprint density at radius 3 is 2.25 bits per heavy atom. The molecule has 244 valence electrons. The van der Waals surface area contributed by atoms with Crippen LogP contribution in [0, 0.1) is 17.3 Å². The summed E-state index contributed by atoms with van der Waals surface area (Å²) in [4.78, 5) is 47.0. The molecule has 4 fully saturated rings. The first-order valence-corrected chi connectivity index (χ1v) is 17.0. The molecule has 0 bridgehead atoms. The van der Waals surface area contributed by atoms with E-state index >= 15 is 0 Å². The second-order valence-electron chi connectivity index (χ2n) is 14.8. The molecular formula is C35H54N4O5. The molecule has 0 unspecified atom stereocenters. The van der Waals surface area contributed by atoms with Gasteiger partial charge in [-0.3, -0.25) is 14.5 Å². The number of nitrogens with zero attached hydrogens (tertiary/aromatic N) is 3. The molecule has 0 radical (unpaired) electrons. The lowest BCUT2D eigenvalue weighted by molar-refractivity contribution is -0.145. The fraction of sp³-hybridized carbons (Fsp3) is 0.743. The normalized spacial score (nSPS) is 24.0.